The molecule has 0 saturated carbocycles. The van der Waals surface area contributed by atoms with E-state index in [-0.39, 0.29) is 0 Å². The first-order valence-electron chi connectivity index (χ1n) is 5.82. The van der Waals surface area contributed by atoms with Crippen LogP contribution in [0.25, 0.3) is 11.4 Å². The second kappa shape index (κ2) is 4.22. The summed E-state index contributed by atoms with van der Waals surface area (Å²) in [7, 11) is 0. The van der Waals surface area contributed by atoms with Crippen molar-refractivity contribution in [1.82, 2.24) is 20.3 Å². The Hall–Kier alpha value is -1.81. The fourth-order valence-corrected chi connectivity index (χ4v) is 2.18. The van der Waals surface area contributed by atoms with Crippen LogP contribution in [0, 0.1) is 6.92 Å². The quantitative estimate of drug-likeness (QED) is 0.800. The molecule has 0 fully saturated rings. The second-order valence-corrected chi connectivity index (χ2v) is 4.22. The lowest BCUT2D eigenvalue weighted by atomic mass is 10.0. The minimum Gasteiger partial charge on any atom is -0.311 e. The van der Waals surface area contributed by atoms with Crippen LogP contribution in [0.15, 0.2) is 24.5 Å². The SMILES string of the molecule is Cc1nc(-c2ccncc2)nc2c1CCNC2. The molecule has 0 amide bonds. The first-order chi connectivity index (χ1) is 8.34. The van der Waals surface area contributed by atoms with Crippen LogP contribution >= 0.6 is 0 Å². The first-order valence-corrected chi connectivity index (χ1v) is 5.82. The van der Waals surface area contributed by atoms with Crippen LogP contribution in [0.5, 0.6) is 0 Å². The molecule has 0 atom stereocenters. The van der Waals surface area contributed by atoms with E-state index in [4.69, 9.17) is 0 Å². The van der Waals surface area contributed by atoms with E-state index in [0.717, 1.165) is 42.3 Å². The molecule has 0 saturated heterocycles. The monoisotopic (exact) mass is 226 g/mol. The minimum atomic E-state index is 0.798. The molecule has 17 heavy (non-hydrogen) atoms. The van der Waals surface area contributed by atoms with Crippen molar-refractivity contribution in [2.24, 2.45) is 0 Å². The number of nitrogens with zero attached hydrogens (tertiary/aromatic N) is 3. The van der Waals surface area contributed by atoms with Crippen molar-refractivity contribution in [3.8, 4) is 11.4 Å². The molecule has 4 nitrogen and oxygen atoms in total. The number of hydrogen-bond acceptors (Lipinski definition) is 4. The molecule has 0 bridgehead atoms. The van der Waals surface area contributed by atoms with Gasteiger partial charge in [-0.1, -0.05) is 0 Å². The summed E-state index contributed by atoms with van der Waals surface area (Å²) < 4.78 is 0. The van der Waals surface area contributed by atoms with Gasteiger partial charge >= 0.3 is 0 Å². The van der Waals surface area contributed by atoms with Gasteiger partial charge in [0.15, 0.2) is 5.82 Å². The topological polar surface area (TPSA) is 50.7 Å². The summed E-state index contributed by atoms with van der Waals surface area (Å²) in [5, 5.41) is 3.34. The number of aryl methyl sites for hydroxylation is 1. The molecule has 0 unspecified atom stereocenters. The minimum absolute atomic E-state index is 0.798. The van der Waals surface area contributed by atoms with Gasteiger partial charge in [0, 0.05) is 30.2 Å². The molecule has 1 aliphatic rings. The molecule has 1 aliphatic heterocycles. The summed E-state index contributed by atoms with van der Waals surface area (Å²) in [5.41, 5.74) is 4.57. The Balaban J connectivity index is 2.11. The van der Waals surface area contributed by atoms with E-state index >= 15 is 0 Å². The third kappa shape index (κ3) is 1.91. The van der Waals surface area contributed by atoms with Gasteiger partial charge in [-0.3, -0.25) is 4.98 Å². The Bertz CT molecular complexity index is 537. The number of hydrogen-bond donors (Lipinski definition) is 1. The molecule has 0 radical (unpaired) electrons. The largest absolute Gasteiger partial charge is 0.311 e. The highest BCUT2D eigenvalue weighted by Gasteiger charge is 2.15. The van der Waals surface area contributed by atoms with Crippen molar-refractivity contribution in [1.29, 1.82) is 0 Å². The van der Waals surface area contributed by atoms with Gasteiger partial charge in [-0.25, -0.2) is 9.97 Å². The molecule has 1 N–H and O–H groups in total. The number of nitrogens with one attached hydrogen (secondary N) is 1. The smallest absolute Gasteiger partial charge is 0.159 e. The third-order valence-electron chi connectivity index (χ3n) is 3.08. The van der Waals surface area contributed by atoms with Gasteiger partial charge in [-0.15, -0.1) is 0 Å². The van der Waals surface area contributed by atoms with Crippen molar-refractivity contribution < 1.29 is 0 Å². The number of fused-ring (bicyclic) bond motifs is 1. The van der Waals surface area contributed by atoms with Crippen LogP contribution in [0.4, 0.5) is 0 Å². The van der Waals surface area contributed by atoms with Crippen molar-refractivity contribution >= 4 is 0 Å². The second-order valence-electron chi connectivity index (χ2n) is 4.22. The fourth-order valence-electron chi connectivity index (χ4n) is 2.18. The lowest BCUT2D eigenvalue weighted by molar-refractivity contribution is 0.620. The average molecular weight is 226 g/mol. The predicted molar refractivity (Wildman–Crippen MR) is 65.4 cm³/mol. The van der Waals surface area contributed by atoms with E-state index < -0.39 is 0 Å². The fraction of sp³-hybridized carbons (Fsp3) is 0.308. The zero-order valence-electron chi connectivity index (χ0n) is 9.77. The van der Waals surface area contributed by atoms with E-state index in [1.54, 1.807) is 12.4 Å². The van der Waals surface area contributed by atoms with E-state index in [1.165, 1.54) is 5.56 Å². The predicted octanol–water partition coefficient (Wildman–Crippen LogP) is 1.49. The summed E-state index contributed by atoms with van der Waals surface area (Å²) in [6.45, 7) is 3.93. The number of aromatic nitrogens is 3. The lowest BCUT2D eigenvalue weighted by Crippen LogP contribution is -2.26. The molecule has 86 valence electrons. The van der Waals surface area contributed by atoms with Gasteiger partial charge in [0.1, 0.15) is 0 Å². The molecule has 2 aromatic heterocycles. The normalized spacial score (nSPS) is 14.4. The van der Waals surface area contributed by atoms with Crippen molar-refractivity contribution in [2.75, 3.05) is 6.54 Å². The highest BCUT2D eigenvalue weighted by atomic mass is 15.0. The summed E-state index contributed by atoms with van der Waals surface area (Å²) in [6, 6.07) is 3.88. The molecular weight excluding hydrogens is 212 g/mol. The molecule has 0 spiro atoms. The number of rotatable bonds is 1. The highest BCUT2D eigenvalue weighted by Crippen LogP contribution is 2.20. The molecule has 4 heteroatoms. The molecule has 0 aliphatic carbocycles. The molecule has 0 aromatic carbocycles. The van der Waals surface area contributed by atoms with E-state index in [1.807, 2.05) is 12.1 Å². The summed E-state index contributed by atoms with van der Waals surface area (Å²) in [5.74, 6) is 0.798. The Morgan fingerprint density at radius 2 is 2.00 bits per heavy atom. The average Bonchev–Trinajstić information content (AvgIpc) is 2.40. The zero-order chi connectivity index (χ0) is 11.7. The Labute approximate surface area is 100 Å². The van der Waals surface area contributed by atoms with Crippen molar-refractivity contribution in [3.63, 3.8) is 0 Å². The van der Waals surface area contributed by atoms with Crippen molar-refractivity contribution in [2.45, 2.75) is 19.9 Å². The van der Waals surface area contributed by atoms with E-state index in [0.29, 0.717) is 0 Å². The van der Waals surface area contributed by atoms with E-state index in [2.05, 4.69) is 27.2 Å². The van der Waals surface area contributed by atoms with Gasteiger partial charge in [0.2, 0.25) is 0 Å². The van der Waals surface area contributed by atoms with Crippen LogP contribution in [0.1, 0.15) is 17.0 Å². The molecule has 3 rings (SSSR count). The Kier molecular flexibility index (Phi) is 2.57. The molecular formula is C13H14N4. The maximum atomic E-state index is 4.64. The lowest BCUT2D eigenvalue weighted by Gasteiger charge is -2.18. The summed E-state index contributed by atoms with van der Waals surface area (Å²) in [6.07, 6.45) is 4.56. The molecule has 3 heterocycles. The van der Waals surface area contributed by atoms with Crippen LogP contribution in [-0.2, 0) is 13.0 Å². The van der Waals surface area contributed by atoms with Gasteiger partial charge in [-0.2, -0.15) is 0 Å². The van der Waals surface area contributed by atoms with Crippen molar-refractivity contribution in [3.05, 3.63) is 41.5 Å². The van der Waals surface area contributed by atoms with Gasteiger partial charge < -0.3 is 5.32 Å². The van der Waals surface area contributed by atoms with Crippen LogP contribution in [0.2, 0.25) is 0 Å². The Morgan fingerprint density at radius 3 is 2.82 bits per heavy atom. The number of pyridine rings is 1. The van der Waals surface area contributed by atoms with Gasteiger partial charge in [0.25, 0.3) is 0 Å². The van der Waals surface area contributed by atoms with Crippen LogP contribution in [0.3, 0.4) is 0 Å². The standard InChI is InChI=1S/C13H14N4/c1-9-11-4-7-15-8-12(11)17-13(16-9)10-2-5-14-6-3-10/h2-3,5-6,15H,4,7-8H2,1H3. The maximum Gasteiger partial charge on any atom is 0.159 e. The summed E-state index contributed by atoms with van der Waals surface area (Å²) >= 11 is 0. The van der Waals surface area contributed by atoms with Gasteiger partial charge in [-0.05, 0) is 37.6 Å². The molecule has 2 aromatic rings. The summed E-state index contributed by atoms with van der Waals surface area (Å²) in [4.78, 5) is 13.2. The zero-order valence-corrected chi connectivity index (χ0v) is 9.77. The Morgan fingerprint density at radius 1 is 1.18 bits per heavy atom. The van der Waals surface area contributed by atoms with E-state index in [9.17, 15) is 0 Å². The van der Waals surface area contributed by atoms with Crippen LogP contribution < -0.4 is 5.32 Å². The van der Waals surface area contributed by atoms with Gasteiger partial charge in [0.05, 0.1) is 5.69 Å². The first kappa shape index (κ1) is 10.4. The highest BCUT2D eigenvalue weighted by molar-refractivity contribution is 5.54. The third-order valence-corrected chi connectivity index (χ3v) is 3.08. The van der Waals surface area contributed by atoms with Crippen LogP contribution in [-0.4, -0.2) is 21.5 Å². The maximum absolute atomic E-state index is 4.64.